The van der Waals surface area contributed by atoms with Crippen molar-refractivity contribution < 1.29 is 19.1 Å². The lowest BCUT2D eigenvalue weighted by molar-refractivity contribution is -0.122. The highest BCUT2D eigenvalue weighted by molar-refractivity contribution is 6.11. The van der Waals surface area contributed by atoms with Crippen LogP contribution in [-0.2, 0) is 14.3 Å². The third-order valence-electron chi connectivity index (χ3n) is 7.90. The van der Waals surface area contributed by atoms with Gasteiger partial charge in [-0.05, 0) is 50.7 Å². The summed E-state index contributed by atoms with van der Waals surface area (Å²) in [5, 5.41) is 9.12. The van der Waals surface area contributed by atoms with Gasteiger partial charge in [0, 0.05) is 30.4 Å². The maximum Gasteiger partial charge on any atom is 0.338 e. The standard InChI is InChI=1S/C32H48N4O4/c1-3-5-7-9-14-18-29(37)34-33-28-21-20-25-22-26(40-32(39)24-16-12-11-13-17-24)23-27(28)31(25)36-35-30(38)19-15-10-8-6-4-2/h11-13,16-17,25-27H,3-10,14-15,18-23H2,1-2H3,(H,34,37)(H,35,38)/b33-28+,36-31+/t25-,26+,27+/m0/s1. The fraction of sp³-hybridized carbons (Fsp3) is 0.656. The molecule has 0 heterocycles. The summed E-state index contributed by atoms with van der Waals surface area (Å²) in [7, 11) is 0. The Bertz CT molecular complexity index is 1010. The highest BCUT2D eigenvalue weighted by Gasteiger charge is 2.42. The lowest BCUT2D eigenvalue weighted by Crippen LogP contribution is -2.46. The molecule has 220 valence electrons. The van der Waals surface area contributed by atoms with Crippen molar-refractivity contribution in [2.45, 2.75) is 123 Å². The van der Waals surface area contributed by atoms with Crippen LogP contribution in [0.4, 0.5) is 0 Å². The van der Waals surface area contributed by atoms with E-state index in [0.29, 0.717) is 31.2 Å². The van der Waals surface area contributed by atoms with E-state index in [2.05, 4.69) is 34.9 Å². The van der Waals surface area contributed by atoms with Gasteiger partial charge >= 0.3 is 5.97 Å². The number of hydrogen-bond donors (Lipinski definition) is 2. The van der Waals surface area contributed by atoms with E-state index in [9.17, 15) is 14.4 Å². The number of ether oxygens (including phenoxy) is 1. The average molecular weight is 553 g/mol. The molecule has 0 unspecified atom stereocenters. The molecule has 3 rings (SSSR count). The molecule has 2 N–H and O–H groups in total. The van der Waals surface area contributed by atoms with Crippen LogP contribution in [0.3, 0.4) is 0 Å². The second-order valence-electron chi connectivity index (χ2n) is 11.2. The first-order valence-electron chi connectivity index (χ1n) is 15.5. The number of fused-ring (bicyclic) bond motifs is 2. The molecule has 3 atom stereocenters. The topological polar surface area (TPSA) is 109 Å². The second-order valence-corrected chi connectivity index (χ2v) is 11.2. The molecule has 0 spiro atoms. The third-order valence-corrected chi connectivity index (χ3v) is 7.90. The van der Waals surface area contributed by atoms with Crippen LogP contribution in [0.15, 0.2) is 40.5 Å². The zero-order chi connectivity index (χ0) is 28.6. The number of rotatable bonds is 16. The van der Waals surface area contributed by atoms with Crippen molar-refractivity contribution >= 4 is 29.2 Å². The maximum absolute atomic E-state index is 12.8. The summed E-state index contributed by atoms with van der Waals surface area (Å²) in [6.07, 6.45) is 14.2. The summed E-state index contributed by atoms with van der Waals surface area (Å²) in [5.74, 6) is -0.588. The van der Waals surface area contributed by atoms with Crippen LogP contribution in [0.25, 0.3) is 0 Å². The van der Waals surface area contributed by atoms with Crippen LogP contribution in [-0.4, -0.2) is 35.3 Å². The minimum Gasteiger partial charge on any atom is -0.459 e. The second kappa shape index (κ2) is 17.6. The summed E-state index contributed by atoms with van der Waals surface area (Å²) in [4.78, 5) is 37.7. The Labute approximate surface area is 239 Å². The number of benzene rings is 1. The van der Waals surface area contributed by atoms with Crippen molar-refractivity contribution in [1.29, 1.82) is 0 Å². The number of unbranched alkanes of at least 4 members (excludes halogenated alkanes) is 8. The molecule has 2 aliphatic rings. The minimum absolute atomic E-state index is 0.0745. The summed E-state index contributed by atoms with van der Waals surface area (Å²) >= 11 is 0. The van der Waals surface area contributed by atoms with Crippen molar-refractivity contribution in [3.05, 3.63) is 35.9 Å². The Kier molecular flexibility index (Phi) is 13.9. The summed E-state index contributed by atoms with van der Waals surface area (Å²) in [5.41, 5.74) is 7.78. The lowest BCUT2D eigenvalue weighted by atomic mass is 9.68. The van der Waals surface area contributed by atoms with Crippen LogP contribution in [0.5, 0.6) is 0 Å². The first-order chi connectivity index (χ1) is 19.5. The van der Waals surface area contributed by atoms with Gasteiger partial charge < -0.3 is 4.74 Å². The Morgan fingerprint density at radius 1 is 0.800 bits per heavy atom. The van der Waals surface area contributed by atoms with Crippen molar-refractivity contribution in [2.24, 2.45) is 22.0 Å². The smallest absolute Gasteiger partial charge is 0.338 e. The molecule has 2 amide bonds. The van der Waals surface area contributed by atoms with E-state index in [1.807, 2.05) is 18.2 Å². The number of hydrogen-bond acceptors (Lipinski definition) is 6. The number of carbonyl (C=O) groups excluding carboxylic acids is 3. The first kappa shape index (κ1) is 31.5. The lowest BCUT2D eigenvalue weighted by Gasteiger charge is -2.40. The molecule has 2 saturated carbocycles. The fourth-order valence-corrected chi connectivity index (χ4v) is 5.62. The van der Waals surface area contributed by atoms with E-state index < -0.39 is 0 Å². The van der Waals surface area contributed by atoms with Gasteiger partial charge in [0.2, 0.25) is 11.8 Å². The van der Waals surface area contributed by atoms with Gasteiger partial charge in [-0.15, -0.1) is 0 Å². The van der Waals surface area contributed by atoms with Gasteiger partial charge in [-0.3, -0.25) is 9.59 Å². The highest BCUT2D eigenvalue weighted by Crippen LogP contribution is 2.38. The summed E-state index contributed by atoms with van der Waals surface area (Å²) < 4.78 is 5.91. The largest absolute Gasteiger partial charge is 0.459 e. The Hall–Kier alpha value is -3.03. The molecule has 1 aromatic carbocycles. The van der Waals surface area contributed by atoms with E-state index in [-0.39, 0.29) is 35.7 Å². The van der Waals surface area contributed by atoms with Gasteiger partial charge in [0.15, 0.2) is 0 Å². The monoisotopic (exact) mass is 552 g/mol. The molecule has 8 nitrogen and oxygen atoms in total. The predicted molar refractivity (Wildman–Crippen MR) is 159 cm³/mol. The molecule has 2 aliphatic carbocycles. The van der Waals surface area contributed by atoms with Gasteiger partial charge in [-0.25, -0.2) is 15.6 Å². The third kappa shape index (κ3) is 10.5. The number of nitrogens with one attached hydrogen (secondary N) is 2. The molecule has 0 saturated heterocycles. The summed E-state index contributed by atoms with van der Waals surface area (Å²) in [6, 6.07) is 9.01. The van der Waals surface area contributed by atoms with Crippen LogP contribution in [0.2, 0.25) is 0 Å². The number of amides is 2. The normalized spacial score (nSPS) is 22.2. The number of nitrogens with zero attached hydrogens (tertiary/aromatic N) is 2. The van der Waals surface area contributed by atoms with Gasteiger partial charge in [-0.1, -0.05) is 83.4 Å². The number of carbonyl (C=O) groups is 3. The van der Waals surface area contributed by atoms with Gasteiger partial charge in [0.1, 0.15) is 6.10 Å². The molecular weight excluding hydrogens is 504 g/mol. The minimum atomic E-state index is -0.338. The fourth-order valence-electron chi connectivity index (χ4n) is 5.62. The quantitative estimate of drug-likeness (QED) is 0.135. The van der Waals surface area contributed by atoms with Crippen LogP contribution >= 0.6 is 0 Å². The zero-order valence-electron chi connectivity index (χ0n) is 24.5. The molecular formula is C32H48N4O4. The molecule has 0 radical (unpaired) electrons. The molecule has 2 fully saturated rings. The van der Waals surface area contributed by atoms with E-state index in [1.54, 1.807) is 12.1 Å². The Morgan fingerprint density at radius 2 is 1.40 bits per heavy atom. The average Bonchev–Trinajstić information content (AvgIpc) is 2.96. The SMILES string of the molecule is CCCCCCCC(=O)N/N=C1\CC[C@H]2C[C@@H](OC(=O)c3ccccc3)C[C@H]1/C2=N/NC(=O)CCCCCCC. The van der Waals surface area contributed by atoms with Gasteiger partial charge in [-0.2, -0.15) is 10.2 Å². The molecule has 8 heteroatoms. The first-order valence-corrected chi connectivity index (χ1v) is 15.5. The molecule has 1 aromatic rings. The van der Waals surface area contributed by atoms with Crippen molar-refractivity contribution in [2.75, 3.05) is 0 Å². The summed E-state index contributed by atoms with van der Waals surface area (Å²) in [6.45, 7) is 4.35. The van der Waals surface area contributed by atoms with E-state index in [4.69, 9.17) is 4.74 Å². The van der Waals surface area contributed by atoms with Gasteiger partial charge in [0.05, 0.1) is 11.3 Å². The zero-order valence-corrected chi connectivity index (χ0v) is 24.5. The highest BCUT2D eigenvalue weighted by atomic mass is 16.5. The van der Waals surface area contributed by atoms with Crippen molar-refractivity contribution in [3.63, 3.8) is 0 Å². The van der Waals surface area contributed by atoms with E-state index in [0.717, 1.165) is 62.8 Å². The molecule has 0 aliphatic heterocycles. The van der Waals surface area contributed by atoms with Crippen LogP contribution in [0, 0.1) is 11.8 Å². The Balaban J connectivity index is 1.64. The molecule has 40 heavy (non-hydrogen) atoms. The van der Waals surface area contributed by atoms with Crippen molar-refractivity contribution in [3.8, 4) is 0 Å². The number of hydrazone groups is 2. The molecule has 2 bridgehead atoms. The van der Waals surface area contributed by atoms with E-state index in [1.165, 1.54) is 25.7 Å². The Morgan fingerprint density at radius 3 is 2.02 bits per heavy atom. The van der Waals surface area contributed by atoms with Crippen LogP contribution in [0.1, 0.15) is 127 Å². The molecule has 0 aromatic heterocycles. The van der Waals surface area contributed by atoms with Crippen LogP contribution < -0.4 is 10.9 Å². The number of esters is 1. The predicted octanol–water partition coefficient (Wildman–Crippen LogP) is 6.70. The van der Waals surface area contributed by atoms with Crippen molar-refractivity contribution in [1.82, 2.24) is 10.9 Å². The maximum atomic E-state index is 12.8. The van der Waals surface area contributed by atoms with E-state index >= 15 is 0 Å². The van der Waals surface area contributed by atoms with Gasteiger partial charge in [0.25, 0.3) is 0 Å².